The Bertz CT molecular complexity index is 520. The van der Waals surface area contributed by atoms with E-state index in [2.05, 4.69) is 10.2 Å². The number of carbonyl (C=O) groups excluding carboxylic acids is 1. The van der Waals surface area contributed by atoms with Crippen LogP contribution in [-0.2, 0) is 0 Å². The molecule has 0 radical (unpaired) electrons. The monoisotopic (exact) mass is 232 g/mol. The van der Waals surface area contributed by atoms with Gasteiger partial charge in [0, 0.05) is 30.6 Å². The number of hydrogen-bond donors (Lipinski definition) is 2. The van der Waals surface area contributed by atoms with E-state index in [4.69, 9.17) is 5.73 Å². The van der Waals surface area contributed by atoms with E-state index in [9.17, 15) is 4.79 Å². The Balaban J connectivity index is 2.28. The van der Waals surface area contributed by atoms with Crippen molar-refractivity contribution < 1.29 is 4.79 Å². The summed E-state index contributed by atoms with van der Waals surface area (Å²) in [5, 5.41) is 7.79. The first-order valence-corrected chi connectivity index (χ1v) is 5.68. The van der Waals surface area contributed by atoms with Crippen molar-refractivity contribution in [3.8, 4) is 0 Å². The predicted octanol–water partition coefficient (Wildman–Crippen LogP) is 0.984. The first kappa shape index (κ1) is 11.6. The van der Waals surface area contributed by atoms with E-state index >= 15 is 0 Å². The van der Waals surface area contributed by atoms with Gasteiger partial charge in [0.2, 0.25) is 0 Å². The number of rotatable bonds is 4. The molecule has 5 nitrogen and oxygen atoms in total. The number of aromatic amines is 1. The lowest BCUT2D eigenvalue weighted by molar-refractivity contribution is 0.0769. The van der Waals surface area contributed by atoms with Crippen LogP contribution >= 0.6 is 0 Å². The van der Waals surface area contributed by atoms with Gasteiger partial charge in [0.05, 0.1) is 11.7 Å². The number of nitrogens with two attached hydrogens (primary N) is 1. The van der Waals surface area contributed by atoms with Crippen LogP contribution in [0.15, 0.2) is 24.4 Å². The van der Waals surface area contributed by atoms with Crippen molar-refractivity contribution in [3.05, 3.63) is 30.0 Å². The van der Waals surface area contributed by atoms with Gasteiger partial charge in [0.25, 0.3) is 5.91 Å². The molecule has 0 fully saturated rings. The van der Waals surface area contributed by atoms with Crippen molar-refractivity contribution in [2.45, 2.75) is 6.92 Å². The van der Waals surface area contributed by atoms with Crippen LogP contribution in [0.3, 0.4) is 0 Å². The number of fused-ring (bicyclic) bond motifs is 1. The zero-order valence-electron chi connectivity index (χ0n) is 9.81. The molecular formula is C12H16N4O. The maximum atomic E-state index is 12.2. The first-order chi connectivity index (χ1) is 8.26. The lowest BCUT2D eigenvalue weighted by Gasteiger charge is -2.19. The highest BCUT2D eigenvalue weighted by molar-refractivity contribution is 5.97. The topological polar surface area (TPSA) is 75.0 Å². The van der Waals surface area contributed by atoms with E-state index < -0.39 is 0 Å². The summed E-state index contributed by atoms with van der Waals surface area (Å²) in [5.41, 5.74) is 7.02. The van der Waals surface area contributed by atoms with E-state index in [0.29, 0.717) is 25.2 Å². The van der Waals surface area contributed by atoms with Crippen LogP contribution < -0.4 is 5.73 Å². The summed E-state index contributed by atoms with van der Waals surface area (Å²) in [6, 6.07) is 5.53. The molecule has 0 spiro atoms. The Morgan fingerprint density at radius 3 is 3.06 bits per heavy atom. The van der Waals surface area contributed by atoms with Gasteiger partial charge in [-0.1, -0.05) is 6.07 Å². The van der Waals surface area contributed by atoms with E-state index in [1.165, 1.54) is 0 Å². The average molecular weight is 232 g/mol. The van der Waals surface area contributed by atoms with Crippen LogP contribution in [0.5, 0.6) is 0 Å². The maximum Gasteiger partial charge on any atom is 0.253 e. The molecule has 0 saturated carbocycles. The van der Waals surface area contributed by atoms with Crippen molar-refractivity contribution in [3.63, 3.8) is 0 Å². The molecule has 0 aliphatic heterocycles. The normalized spacial score (nSPS) is 10.7. The third-order valence-corrected chi connectivity index (χ3v) is 2.76. The number of nitrogens with zero attached hydrogens (tertiary/aromatic N) is 2. The highest BCUT2D eigenvalue weighted by Gasteiger charge is 2.13. The second-order valence-electron chi connectivity index (χ2n) is 3.85. The average Bonchev–Trinajstić information content (AvgIpc) is 2.82. The number of H-pyrrole nitrogens is 1. The second-order valence-corrected chi connectivity index (χ2v) is 3.85. The molecule has 0 aliphatic rings. The molecule has 1 amide bonds. The molecule has 5 heteroatoms. The minimum atomic E-state index is 0.00875. The summed E-state index contributed by atoms with van der Waals surface area (Å²) in [6.07, 6.45) is 1.74. The summed E-state index contributed by atoms with van der Waals surface area (Å²) in [4.78, 5) is 13.9. The van der Waals surface area contributed by atoms with Crippen molar-refractivity contribution in [2.75, 3.05) is 19.6 Å². The predicted molar refractivity (Wildman–Crippen MR) is 66.7 cm³/mol. The Morgan fingerprint density at radius 1 is 1.53 bits per heavy atom. The second kappa shape index (κ2) is 4.97. The van der Waals surface area contributed by atoms with Gasteiger partial charge >= 0.3 is 0 Å². The Labute approximate surface area is 99.6 Å². The van der Waals surface area contributed by atoms with Gasteiger partial charge in [-0.05, 0) is 19.1 Å². The maximum absolute atomic E-state index is 12.2. The standard InChI is InChI=1S/C12H16N4O/c1-2-16(6-5-13)12(17)9-3-4-10-8-14-15-11(10)7-9/h3-4,7-8H,2,5-6,13H2,1H3,(H,14,15). The zero-order valence-corrected chi connectivity index (χ0v) is 9.81. The number of amides is 1. The molecule has 2 aromatic rings. The van der Waals surface area contributed by atoms with Gasteiger partial charge in [-0.15, -0.1) is 0 Å². The van der Waals surface area contributed by atoms with Crippen LogP contribution in [0.2, 0.25) is 0 Å². The molecule has 2 rings (SSSR count). The fourth-order valence-electron chi connectivity index (χ4n) is 1.81. The SMILES string of the molecule is CCN(CCN)C(=O)c1ccc2cn[nH]c2c1. The molecule has 90 valence electrons. The number of benzene rings is 1. The summed E-state index contributed by atoms with van der Waals surface area (Å²) in [7, 11) is 0. The molecule has 0 bridgehead atoms. The largest absolute Gasteiger partial charge is 0.338 e. The number of carbonyl (C=O) groups is 1. The molecule has 0 unspecified atom stereocenters. The third kappa shape index (κ3) is 2.29. The molecule has 17 heavy (non-hydrogen) atoms. The molecule has 1 heterocycles. The molecule has 3 N–H and O–H groups in total. The van der Waals surface area contributed by atoms with Gasteiger partial charge in [-0.3, -0.25) is 9.89 Å². The van der Waals surface area contributed by atoms with Crippen LogP contribution in [-0.4, -0.2) is 40.6 Å². The van der Waals surface area contributed by atoms with Crippen molar-refractivity contribution in [1.29, 1.82) is 0 Å². The first-order valence-electron chi connectivity index (χ1n) is 5.68. The Morgan fingerprint density at radius 2 is 2.35 bits per heavy atom. The minimum Gasteiger partial charge on any atom is -0.338 e. The quantitative estimate of drug-likeness (QED) is 0.825. The fourth-order valence-corrected chi connectivity index (χ4v) is 1.81. The molecule has 0 atom stereocenters. The molecule has 0 aliphatic carbocycles. The molecule has 0 saturated heterocycles. The fraction of sp³-hybridized carbons (Fsp3) is 0.333. The Hall–Kier alpha value is -1.88. The summed E-state index contributed by atoms with van der Waals surface area (Å²) < 4.78 is 0. The van der Waals surface area contributed by atoms with Gasteiger partial charge in [-0.25, -0.2) is 0 Å². The van der Waals surface area contributed by atoms with Gasteiger partial charge in [0.15, 0.2) is 0 Å². The van der Waals surface area contributed by atoms with Crippen molar-refractivity contribution in [2.24, 2.45) is 5.73 Å². The van der Waals surface area contributed by atoms with E-state index in [-0.39, 0.29) is 5.91 Å². The minimum absolute atomic E-state index is 0.00875. The van der Waals surface area contributed by atoms with Crippen LogP contribution in [0.1, 0.15) is 17.3 Å². The van der Waals surface area contributed by atoms with Crippen LogP contribution in [0.4, 0.5) is 0 Å². The molecule has 1 aromatic heterocycles. The smallest absolute Gasteiger partial charge is 0.253 e. The number of nitrogens with one attached hydrogen (secondary N) is 1. The molecule has 1 aromatic carbocycles. The van der Waals surface area contributed by atoms with Gasteiger partial charge in [-0.2, -0.15) is 5.10 Å². The summed E-state index contributed by atoms with van der Waals surface area (Å²) in [6.45, 7) is 3.67. The number of likely N-dealkylation sites (N-methyl/N-ethyl adjacent to an activating group) is 1. The third-order valence-electron chi connectivity index (χ3n) is 2.76. The van der Waals surface area contributed by atoms with E-state index in [1.807, 2.05) is 25.1 Å². The van der Waals surface area contributed by atoms with Gasteiger partial charge in [0.1, 0.15) is 0 Å². The van der Waals surface area contributed by atoms with Crippen molar-refractivity contribution in [1.82, 2.24) is 15.1 Å². The van der Waals surface area contributed by atoms with E-state index in [0.717, 1.165) is 10.9 Å². The summed E-state index contributed by atoms with van der Waals surface area (Å²) in [5.74, 6) is 0.00875. The highest BCUT2D eigenvalue weighted by atomic mass is 16.2. The lowest BCUT2D eigenvalue weighted by atomic mass is 10.1. The van der Waals surface area contributed by atoms with E-state index in [1.54, 1.807) is 11.1 Å². The zero-order chi connectivity index (χ0) is 12.3. The Kier molecular flexibility index (Phi) is 3.39. The van der Waals surface area contributed by atoms with Crippen LogP contribution in [0.25, 0.3) is 10.9 Å². The van der Waals surface area contributed by atoms with Crippen molar-refractivity contribution >= 4 is 16.8 Å². The van der Waals surface area contributed by atoms with Gasteiger partial charge < -0.3 is 10.6 Å². The number of aromatic nitrogens is 2. The van der Waals surface area contributed by atoms with Crippen LogP contribution in [0, 0.1) is 0 Å². The lowest BCUT2D eigenvalue weighted by Crippen LogP contribution is -2.35. The molecular weight excluding hydrogens is 216 g/mol. The summed E-state index contributed by atoms with van der Waals surface area (Å²) >= 11 is 0. The highest BCUT2D eigenvalue weighted by Crippen LogP contribution is 2.14. The number of hydrogen-bond acceptors (Lipinski definition) is 3.